The minimum absolute atomic E-state index is 0.126. The van der Waals surface area contributed by atoms with E-state index in [1.807, 2.05) is 34.9 Å². The van der Waals surface area contributed by atoms with Gasteiger partial charge in [-0.05, 0) is 55.7 Å². The number of aromatic nitrogens is 2. The fourth-order valence-electron chi connectivity index (χ4n) is 3.76. The fourth-order valence-corrected chi connectivity index (χ4v) is 4.05. The van der Waals surface area contributed by atoms with Gasteiger partial charge >= 0.3 is 0 Å². The van der Waals surface area contributed by atoms with Crippen LogP contribution in [0.5, 0.6) is 0 Å². The molecule has 1 aliphatic heterocycles. The smallest absolute Gasteiger partial charge is 0.258 e. The fraction of sp³-hybridized carbons (Fsp3) is 0.273. The van der Waals surface area contributed by atoms with Gasteiger partial charge in [0.25, 0.3) is 5.56 Å². The molecule has 3 aromatic rings. The Bertz CT molecular complexity index is 1130. The molecule has 5 nitrogen and oxygen atoms in total. The van der Waals surface area contributed by atoms with E-state index in [1.165, 1.54) is 11.1 Å². The first-order valence-corrected chi connectivity index (χ1v) is 9.86. The summed E-state index contributed by atoms with van der Waals surface area (Å²) in [7, 11) is 0. The second-order valence-electron chi connectivity index (χ2n) is 7.31. The summed E-state index contributed by atoms with van der Waals surface area (Å²) in [6.07, 6.45) is 0. The number of H-pyrrole nitrogens is 1. The molecule has 1 aromatic heterocycles. The molecule has 0 spiro atoms. The van der Waals surface area contributed by atoms with Crippen molar-refractivity contribution in [3.63, 3.8) is 0 Å². The highest BCUT2D eigenvalue weighted by atomic mass is 32.1. The summed E-state index contributed by atoms with van der Waals surface area (Å²) < 4.78 is 2.37. The van der Waals surface area contributed by atoms with Gasteiger partial charge in [0.05, 0.1) is 17.9 Å². The van der Waals surface area contributed by atoms with Gasteiger partial charge in [0.15, 0.2) is 4.77 Å². The van der Waals surface area contributed by atoms with Gasteiger partial charge < -0.3 is 5.32 Å². The number of hydrogen-bond donors (Lipinski definition) is 2. The summed E-state index contributed by atoms with van der Waals surface area (Å²) in [5.41, 5.74) is 5.15. The molecule has 0 amide bonds. The second-order valence-corrected chi connectivity index (χ2v) is 7.70. The monoisotopic (exact) mass is 392 g/mol. The number of rotatable bonds is 3. The van der Waals surface area contributed by atoms with E-state index in [0.29, 0.717) is 23.5 Å². The molecule has 2 heterocycles. The lowest BCUT2D eigenvalue weighted by Gasteiger charge is -2.35. The van der Waals surface area contributed by atoms with Crippen molar-refractivity contribution in [3.05, 3.63) is 85.9 Å². The zero-order valence-electron chi connectivity index (χ0n) is 16.3. The molecule has 0 radical (unpaired) electrons. The van der Waals surface area contributed by atoms with Gasteiger partial charge in [-0.3, -0.25) is 19.2 Å². The van der Waals surface area contributed by atoms with E-state index in [0.717, 1.165) is 17.1 Å². The normalized spacial score (nSPS) is 15.0. The van der Waals surface area contributed by atoms with Crippen molar-refractivity contribution >= 4 is 18.0 Å². The summed E-state index contributed by atoms with van der Waals surface area (Å²) >= 11 is 5.52. The van der Waals surface area contributed by atoms with E-state index >= 15 is 0 Å². The standard InChI is InChI=1S/C22H24N4OS/c1-14-8-7-11-19(15(14)2)26-20-18(21(27)24-22(26)28)12-25(13-23-20)16(3)17-9-5-4-6-10-17/h4-11,16,23H,12-13H2,1-3H3,(H,24,27,28)/t16-/m1/s1. The third kappa shape index (κ3) is 3.19. The van der Waals surface area contributed by atoms with Gasteiger partial charge in [0, 0.05) is 12.6 Å². The lowest BCUT2D eigenvalue weighted by atomic mass is 10.1. The van der Waals surface area contributed by atoms with E-state index < -0.39 is 0 Å². The number of fused-ring (bicyclic) bond motifs is 1. The first-order chi connectivity index (χ1) is 13.5. The van der Waals surface area contributed by atoms with E-state index in [9.17, 15) is 4.79 Å². The van der Waals surface area contributed by atoms with Crippen LogP contribution in [0.1, 0.15) is 35.2 Å². The Morgan fingerprint density at radius 1 is 1.07 bits per heavy atom. The molecule has 28 heavy (non-hydrogen) atoms. The highest BCUT2D eigenvalue weighted by Crippen LogP contribution is 2.30. The Kier molecular flexibility index (Phi) is 4.91. The Morgan fingerprint density at radius 3 is 2.57 bits per heavy atom. The summed E-state index contributed by atoms with van der Waals surface area (Å²) in [5, 5.41) is 3.46. The van der Waals surface area contributed by atoms with E-state index in [1.54, 1.807) is 0 Å². The average molecular weight is 393 g/mol. The molecule has 6 heteroatoms. The molecule has 0 fully saturated rings. The van der Waals surface area contributed by atoms with Gasteiger partial charge in [0.2, 0.25) is 0 Å². The molecule has 2 aromatic carbocycles. The maximum Gasteiger partial charge on any atom is 0.258 e. The van der Waals surface area contributed by atoms with Crippen molar-refractivity contribution in [2.24, 2.45) is 0 Å². The topological polar surface area (TPSA) is 53.1 Å². The highest BCUT2D eigenvalue weighted by Gasteiger charge is 2.26. The van der Waals surface area contributed by atoms with Gasteiger partial charge in [0.1, 0.15) is 5.82 Å². The number of hydrogen-bond acceptors (Lipinski definition) is 4. The van der Waals surface area contributed by atoms with Crippen LogP contribution in [0.25, 0.3) is 5.69 Å². The van der Waals surface area contributed by atoms with Crippen molar-refractivity contribution < 1.29 is 0 Å². The number of aromatic amines is 1. The molecular formula is C22H24N4OS. The van der Waals surface area contributed by atoms with Crippen LogP contribution in [0, 0.1) is 18.6 Å². The van der Waals surface area contributed by atoms with Gasteiger partial charge in [-0.25, -0.2) is 0 Å². The molecule has 0 bridgehead atoms. The van der Waals surface area contributed by atoms with Crippen LogP contribution in [0.4, 0.5) is 5.82 Å². The molecule has 2 N–H and O–H groups in total. The van der Waals surface area contributed by atoms with Crippen molar-refractivity contribution in [3.8, 4) is 5.69 Å². The van der Waals surface area contributed by atoms with Crippen LogP contribution in [0.3, 0.4) is 0 Å². The van der Waals surface area contributed by atoms with E-state index in [-0.39, 0.29) is 11.6 Å². The number of nitrogens with one attached hydrogen (secondary N) is 2. The lowest BCUT2D eigenvalue weighted by molar-refractivity contribution is 0.207. The minimum atomic E-state index is -0.126. The third-order valence-electron chi connectivity index (χ3n) is 5.66. The molecule has 0 unspecified atom stereocenters. The average Bonchev–Trinajstić information content (AvgIpc) is 2.71. The molecule has 1 atom stereocenters. The van der Waals surface area contributed by atoms with Crippen molar-refractivity contribution in [2.75, 3.05) is 12.0 Å². The Morgan fingerprint density at radius 2 is 1.82 bits per heavy atom. The van der Waals surface area contributed by atoms with Crippen LogP contribution in [-0.4, -0.2) is 21.1 Å². The second kappa shape index (κ2) is 7.37. The number of anilines is 1. The van der Waals surface area contributed by atoms with Crippen molar-refractivity contribution in [1.82, 2.24) is 14.5 Å². The zero-order valence-corrected chi connectivity index (χ0v) is 17.1. The van der Waals surface area contributed by atoms with Crippen LogP contribution in [0.15, 0.2) is 53.3 Å². The molecule has 144 valence electrons. The molecule has 4 rings (SSSR count). The predicted octanol–water partition coefficient (Wildman–Crippen LogP) is 4.46. The van der Waals surface area contributed by atoms with Crippen LogP contribution in [0.2, 0.25) is 0 Å². The van der Waals surface area contributed by atoms with Gasteiger partial charge in [-0.1, -0.05) is 42.5 Å². The first-order valence-electron chi connectivity index (χ1n) is 9.45. The van der Waals surface area contributed by atoms with E-state index in [2.05, 4.69) is 54.2 Å². The molecular weight excluding hydrogens is 368 g/mol. The summed E-state index contributed by atoms with van der Waals surface area (Å²) in [5.74, 6) is 0.791. The predicted molar refractivity (Wildman–Crippen MR) is 116 cm³/mol. The van der Waals surface area contributed by atoms with Crippen molar-refractivity contribution in [1.29, 1.82) is 0 Å². The highest BCUT2D eigenvalue weighted by molar-refractivity contribution is 7.71. The zero-order chi connectivity index (χ0) is 19.8. The molecule has 0 aliphatic carbocycles. The summed E-state index contributed by atoms with van der Waals surface area (Å²) in [4.78, 5) is 17.8. The number of aryl methyl sites for hydroxylation is 1. The largest absolute Gasteiger partial charge is 0.358 e. The van der Waals surface area contributed by atoms with Gasteiger partial charge in [-0.2, -0.15) is 0 Å². The van der Waals surface area contributed by atoms with E-state index in [4.69, 9.17) is 12.2 Å². The van der Waals surface area contributed by atoms with Crippen LogP contribution >= 0.6 is 12.2 Å². The SMILES string of the molecule is Cc1cccc(-n2c3c(c(=O)[nH]c2=S)CN([C@H](C)c2ccccc2)CN3)c1C. The van der Waals surface area contributed by atoms with Gasteiger partial charge in [-0.15, -0.1) is 0 Å². The lowest BCUT2D eigenvalue weighted by Crippen LogP contribution is -2.40. The molecule has 1 aliphatic rings. The minimum Gasteiger partial charge on any atom is -0.358 e. The Labute approximate surface area is 169 Å². The molecule has 0 saturated heterocycles. The summed E-state index contributed by atoms with van der Waals surface area (Å²) in [6, 6.07) is 16.7. The maximum absolute atomic E-state index is 12.7. The maximum atomic E-state index is 12.7. The molecule has 0 saturated carbocycles. The number of nitrogens with zero attached hydrogens (tertiary/aromatic N) is 2. The van der Waals surface area contributed by atoms with Crippen molar-refractivity contribution in [2.45, 2.75) is 33.4 Å². The van der Waals surface area contributed by atoms with Crippen LogP contribution in [-0.2, 0) is 6.54 Å². The Hall–Kier alpha value is -2.70. The first kappa shape index (κ1) is 18.7. The number of benzene rings is 2. The Balaban J connectivity index is 1.79. The third-order valence-corrected chi connectivity index (χ3v) is 5.95. The van der Waals surface area contributed by atoms with Crippen LogP contribution < -0.4 is 10.9 Å². The summed E-state index contributed by atoms with van der Waals surface area (Å²) in [6.45, 7) is 7.53. The quantitative estimate of drug-likeness (QED) is 0.646.